The first-order valence-electron chi connectivity index (χ1n) is 6.19. The minimum absolute atomic E-state index is 0.000761. The van der Waals surface area contributed by atoms with Crippen LogP contribution in [0.15, 0.2) is 24.3 Å². The maximum Gasteiger partial charge on any atom is 0.234 e. The average Bonchev–Trinajstić information content (AvgIpc) is 2.35. The van der Waals surface area contributed by atoms with Gasteiger partial charge in [-0.05, 0) is 19.4 Å². The van der Waals surface area contributed by atoms with Crippen molar-refractivity contribution in [3.05, 3.63) is 35.4 Å². The first-order valence-corrected chi connectivity index (χ1v) is 6.19. The normalized spacial score (nSPS) is 12.2. The molecule has 1 rings (SSSR count). The van der Waals surface area contributed by atoms with Crippen molar-refractivity contribution < 1.29 is 9.53 Å². The predicted molar refractivity (Wildman–Crippen MR) is 72.5 cm³/mol. The zero-order valence-corrected chi connectivity index (χ0v) is 11.3. The number of hydrogen-bond acceptors (Lipinski definition) is 3. The Morgan fingerprint density at radius 2 is 2.00 bits per heavy atom. The Labute approximate surface area is 109 Å². The van der Waals surface area contributed by atoms with E-state index in [0.29, 0.717) is 19.7 Å². The van der Waals surface area contributed by atoms with Crippen LogP contribution in [-0.4, -0.2) is 32.7 Å². The standard InChI is InChI=1S/C14H22N2O2/c1-11-4-6-13(7-5-11)12(2)16-14(17)10-15-8-9-18-3/h4-7,12,15H,8-10H2,1-3H3,(H,16,17). The van der Waals surface area contributed by atoms with Crippen LogP contribution in [0.4, 0.5) is 0 Å². The van der Waals surface area contributed by atoms with Crippen LogP contribution in [-0.2, 0) is 9.53 Å². The lowest BCUT2D eigenvalue weighted by atomic mass is 10.1. The number of benzene rings is 1. The number of rotatable bonds is 7. The Hall–Kier alpha value is -1.39. The molecule has 0 bridgehead atoms. The van der Waals surface area contributed by atoms with Crippen molar-refractivity contribution in [2.75, 3.05) is 26.8 Å². The Morgan fingerprint density at radius 3 is 2.61 bits per heavy atom. The van der Waals surface area contributed by atoms with Crippen molar-refractivity contribution in [1.29, 1.82) is 0 Å². The van der Waals surface area contributed by atoms with Crippen LogP contribution in [0.1, 0.15) is 24.1 Å². The summed E-state index contributed by atoms with van der Waals surface area (Å²) in [4.78, 5) is 11.6. The van der Waals surface area contributed by atoms with E-state index in [9.17, 15) is 4.79 Å². The summed E-state index contributed by atoms with van der Waals surface area (Å²) in [5.41, 5.74) is 2.34. The fourth-order valence-electron chi connectivity index (χ4n) is 1.61. The second-order valence-electron chi connectivity index (χ2n) is 4.37. The average molecular weight is 250 g/mol. The minimum Gasteiger partial charge on any atom is -0.383 e. The van der Waals surface area contributed by atoms with Crippen LogP contribution in [0.3, 0.4) is 0 Å². The molecule has 1 unspecified atom stereocenters. The van der Waals surface area contributed by atoms with Crippen LogP contribution in [0, 0.1) is 6.92 Å². The quantitative estimate of drug-likeness (QED) is 0.719. The summed E-state index contributed by atoms with van der Waals surface area (Å²) in [5.74, 6) is -0.000761. The van der Waals surface area contributed by atoms with E-state index in [2.05, 4.69) is 22.8 Å². The zero-order chi connectivity index (χ0) is 13.4. The first kappa shape index (κ1) is 14.7. The third kappa shape index (κ3) is 5.29. The van der Waals surface area contributed by atoms with E-state index in [0.717, 1.165) is 5.56 Å². The second-order valence-corrected chi connectivity index (χ2v) is 4.37. The molecule has 18 heavy (non-hydrogen) atoms. The highest BCUT2D eigenvalue weighted by Gasteiger charge is 2.08. The highest BCUT2D eigenvalue weighted by atomic mass is 16.5. The molecular formula is C14H22N2O2. The number of carbonyl (C=O) groups is 1. The van der Waals surface area contributed by atoms with Gasteiger partial charge in [-0.15, -0.1) is 0 Å². The van der Waals surface area contributed by atoms with Gasteiger partial charge in [0.1, 0.15) is 0 Å². The summed E-state index contributed by atoms with van der Waals surface area (Å²) in [7, 11) is 1.64. The van der Waals surface area contributed by atoms with E-state index in [1.807, 2.05) is 26.0 Å². The Morgan fingerprint density at radius 1 is 1.33 bits per heavy atom. The van der Waals surface area contributed by atoms with Crippen molar-refractivity contribution in [3.8, 4) is 0 Å². The summed E-state index contributed by atoms with van der Waals surface area (Å²) in [6.45, 7) is 5.65. The van der Waals surface area contributed by atoms with E-state index < -0.39 is 0 Å². The summed E-state index contributed by atoms with van der Waals surface area (Å²) < 4.78 is 4.89. The molecule has 0 aromatic heterocycles. The molecule has 0 radical (unpaired) electrons. The molecule has 0 spiro atoms. The molecule has 1 aromatic carbocycles. The smallest absolute Gasteiger partial charge is 0.234 e. The lowest BCUT2D eigenvalue weighted by molar-refractivity contribution is -0.120. The lowest BCUT2D eigenvalue weighted by Crippen LogP contribution is -2.36. The molecule has 0 saturated carbocycles. The maximum atomic E-state index is 11.6. The molecule has 0 aliphatic carbocycles. The fraction of sp³-hybridized carbons (Fsp3) is 0.500. The molecule has 1 atom stereocenters. The monoisotopic (exact) mass is 250 g/mol. The van der Waals surface area contributed by atoms with Gasteiger partial charge in [-0.2, -0.15) is 0 Å². The molecule has 0 heterocycles. The van der Waals surface area contributed by atoms with E-state index in [4.69, 9.17) is 4.74 Å². The van der Waals surface area contributed by atoms with Gasteiger partial charge in [0.15, 0.2) is 0 Å². The van der Waals surface area contributed by atoms with E-state index >= 15 is 0 Å². The lowest BCUT2D eigenvalue weighted by Gasteiger charge is -2.14. The molecule has 0 saturated heterocycles. The third-order valence-electron chi connectivity index (χ3n) is 2.72. The molecule has 1 aromatic rings. The highest BCUT2D eigenvalue weighted by molar-refractivity contribution is 5.78. The zero-order valence-electron chi connectivity index (χ0n) is 11.3. The van der Waals surface area contributed by atoms with Crippen molar-refractivity contribution in [2.45, 2.75) is 19.9 Å². The molecule has 1 amide bonds. The molecule has 2 N–H and O–H groups in total. The predicted octanol–water partition coefficient (Wildman–Crippen LogP) is 1.41. The Bertz CT molecular complexity index is 363. The molecule has 4 heteroatoms. The van der Waals surface area contributed by atoms with Gasteiger partial charge in [0.25, 0.3) is 0 Å². The van der Waals surface area contributed by atoms with Gasteiger partial charge < -0.3 is 15.4 Å². The number of amides is 1. The van der Waals surface area contributed by atoms with Crippen LogP contribution in [0.5, 0.6) is 0 Å². The number of ether oxygens (including phenoxy) is 1. The van der Waals surface area contributed by atoms with Gasteiger partial charge in [0.05, 0.1) is 19.2 Å². The van der Waals surface area contributed by atoms with Gasteiger partial charge in [-0.3, -0.25) is 4.79 Å². The Kier molecular flexibility index (Phi) is 6.39. The van der Waals surface area contributed by atoms with Gasteiger partial charge in [0.2, 0.25) is 5.91 Å². The topological polar surface area (TPSA) is 50.4 Å². The maximum absolute atomic E-state index is 11.6. The summed E-state index contributed by atoms with van der Waals surface area (Å²) in [5, 5.41) is 5.97. The summed E-state index contributed by atoms with van der Waals surface area (Å²) >= 11 is 0. The fourth-order valence-corrected chi connectivity index (χ4v) is 1.61. The van der Waals surface area contributed by atoms with Gasteiger partial charge in [0, 0.05) is 13.7 Å². The molecule has 4 nitrogen and oxygen atoms in total. The van der Waals surface area contributed by atoms with E-state index in [-0.39, 0.29) is 11.9 Å². The van der Waals surface area contributed by atoms with Crippen molar-refractivity contribution >= 4 is 5.91 Å². The van der Waals surface area contributed by atoms with Gasteiger partial charge in [-0.25, -0.2) is 0 Å². The van der Waals surface area contributed by atoms with Gasteiger partial charge in [-0.1, -0.05) is 29.8 Å². The molecular weight excluding hydrogens is 228 g/mol. The molecule has 0 fully saturated rings. The molecule has 0 aliphatic rings. The van der Waals surface area contributed by atoms with Crippen LogP contribution >= 0.6 is 0 Å². The summed E-state index contributed by atoms with van der Waals surface area (Å²) in [6, 6.07) is 8.21. The van der Waals surface area contributed by atoms with Crippen LogP contribution in [0.2, 0.25) is 0 Å². The first-order chi connectivity index (χ1) is 8.63. The number of aryl methyl sites for hydroxylation is 1. The second kappa shape index (κ2) is 7.84. The van der Waals surface area contributed by atoms with Crippen molar-refractivity contribution in [1.82, 2.24) is 10.6 Å². The van der Waals surface area contributed by atoms with Crippen LogP contribution < -0.4 is 10.6 Å². The number of hydrogen-bond donors (Lipinski definition) is 2. The largest absolute Gasteiger partial charge is 0.383 e. The molecule has 100 valence electrons. The summed E-state index contributed by atoms with van der Waals surface area (Å²) in [6.07, 6.45) is 0. The van der Waals surface area contributed by atoms with Crippen molar-refractivity contribution in [2.24, 2.45) is 0 Å². The number of methoxy groups -OCH3 is 1. The van der Waals surface area contributed by atoms with Crippen molar-refractivity contribution in [3.63, 3.8) is 0 Å². The number of carbonyl (C=O) groups excluding carboxylic acids is 1. The van der Waals surface area contributed by atoms with E-state index in [1.165, 1.54) is 5.56 Å². The van der Waals surface area contributed by atoms with E-state index in [1.54, 1.807) is 7.11 Å². The van der Waals surface area contributed by atoms with Crippen LogP contribution in [0.25, 0.3) is 0 Å². The minimum atomic E-state index is -0.000761. The molecule has 0 aliphatic heterocycles. The van der Waals surface area contributed by atoms with Gasteiger partial charge >= 0.3 is 0 Å². The SMILES string of the molecule is COCCNCC(=O)NC(C)c1ccc(C)cc1. The Balaban J connectivity index is 2.33. The number of nitrogens with one attached hydrogen (secondary N) is 2. The highest BCUT2D eigenvalue weighted by Crippen LogP contribution is 2.12. The third-order valence-corrected chi connectivity index (χ3v) is 2.72.